The molecule has 5 nitrogen and oxygen atoms in total. The topological polar surface area (TPSA) is 64.1 Å². The van der Waals surface area contributed by atoms with Gasteiger partial charge in [-0.25, -0.2) is 9.97 Å². The van der Waals surface area contributed by atoms with Gasteiger partial charge >= 0.3 is 0 Å². The van der Waals surface area contributed by atoms with Crippen molar-refractivity contribution in [1.82, 2.24) is 9.97 Å². The maximum absolute atomic E-state index is 11.0. The van der Waals surface area contributed by atoms with Crippen LogP contribution in [-0.4, -0.2) is 39.3 Å². The molecule has 0 aliphatic heterocycles. The summed E-state index contributed by atoms with van der Waals surface area (Å²) in [6.45, 7) is 1.95. The first-order chi connectivity index (χ1) is 7.11. The van der Waals surface area contributed by atoms with Crippen molar-refractivity contribution in [2.45, 2.75) is 13.0 Å². The molecule has 0 spiro atoms. The van der Waals surface area contributed by atoms with Gasteiger partial charge in [0.15, 0.2) is 0 Å². The monoisotopic (exact) mass is 229 g/mol. The third kappa shape index (κ3) is 4.24. The maximum atomic E-state index is 11.0. The molecule has 2 unspecified atom stereocenters. The number of hydrogen-bond donors (Lipinski definition) is 1. The molecular weight excluding hydrogens is 214 g/mol. The summed E-state index contributed by atoms with van der Waals surface area (Å²) < 4.78 is 15.9. The van der Waals surface area contributed by atoms with E-state index in [0.29, 0.717) is 17.5 Å². The number of rotatable bonds is 5. The Labute approximate surface area is 91.7 Å². The molecule has 1 N–H and O–H groups in total. The summed E-state index contributed by atoms with van der Waals surface area (Å²) in [6.07, 6.45) is 3.11. The van der Waals surface area contributed by atoms with Crippen LogP contribution < -0.4 is 10.1 Å². The lowest BCUT2D eigenvalue weighted by atomic mass is 10.4. The molecule has 0 aromatic carbocycles. The summed E-state index contributed by atoms with van der Waals surface area (Å²) in [4.78, 5) is 7.93. The van der Waals surface area contributed by atoms with E-state index in [2.05, 4.69) is 15.3 Å². The zero-order valence-corrected chi connectivity index (χ0v) is 9.87. The van der Waals surface area contributed by atoms with E-state index in [4.69, 9.17) is 4.74 Å². The molecule has 1 heterocycles. The van der Waals surface area contributed by atoms with Gasteiger partial charge in [0.25, 0.3) is 0 Å². The first kappa shape index (κ1) is 11.9. The number of methoxy groups -OCH3 is 1. The standard InChI is InChI=1S/C9H15N3O2S/c1-7(5-15(3)13)12-8-4-9(14-2)11-6-10-8/h4,6-7H,5H2,1-3H3,(H,10,11,12). The van der Waals surface area contributed by atoms with E-state index in [9.17, 15) is 4.21 Å². The number of ether oxygens (including phenoxy) is 1. The molecule has 0 bridgehead atoms. The lowest BCUT2D eigenvalue weighted by Crippen LogP contribution is -2.22. The lowest BCUT2D eigenvalue weighted by molar-refractivity contribution is 0.397. The van der Waals surface area contributed by atoms with Gasteiger partial charge in [0, 0.05) is 34.9 Å². The molecule has 84 valence electrons. The predicted octanol–water partition coefficient (Wildman–Crippen LogP) is 0.664. The molecule has 6 heteroatoms. The Morgan fingerprint density at radius 1 is 1.60 bits per heavy atom. The molecule has 1 aromatic rings. The van der Waals surface area contributed by atoms with E-state index < -0.39 is 10.8 Å². The quantitative estimate of drug-likeness (QED) is 0.803. The lowest BCUT2D eigenvalue weighted by Gasteiger charge is -2.12. The predicted molar refractivity (Wildman–Crippen MR) is 60.6 cm³/mol. The summed E-state index contributed by atoms with van der Waals surface area (Å²) in [5.74, 6) is 1.78. The molecule has 15 heavy (non-hydrogen) atoms. The van der Waals surface area contributed by atoms with Crippen LogP contribution in [-0.2, 0) is 10.8 Å². The highest BCUT2D eigenvalue weighted by molar-refractivity contribution is 7.84. The van der Waals surface area contributed by atoms with Crippen LogP contribution in [0.3, 0.4) is 0 Å². The van der Waals surface area contributed by atoms with Crippen molar-refractivity contribution < 1.29 is 8.95 Å². The van der Waals surface area contributed by atoms with E-state index in [0.717, 1.165) is 0 Å². The van der Waals surface area contributed by atoms with Gasteiger partial charge in [-0.2, -0.15) is 0 Å². The van der Waals surface area contributed by atoms with Gasteiger partial charge in [-0.05, 0) is 6.92 Å². The Morgan fingerprint density at radius 3 is 2.93 bits per heavy atom. The van der Waals surface area contributed by atoms with E-state index in [1.807, 2.05) is 6.92 Å². The maximum Gasteiger partial charge on any atom is 0.218 e. The third-order valence-corrected chi connectivity index (χ3v) is 2.70. The van der Waals surface area contributed by atoms with Crippen LogP contribution in [0.1, 0.15) is 6.92 Å². The highest BCUT2D eigenvalue weighted by Crippen LogP contribution is 2.11. The number of nitrogens with one attached hydrogen (secondary N) is 1. The Balaban J connectivity index is 2.59. The highest BCUT2D eigenvalue weighted by atomic mass is 32.2. The van der Waals surface area contributed by atoms with Crippen LogP contribution in [0.2, 0.25) is 0 Å². The van der Waals surface area contributed by atoms with Crippen molar-refractivity contribution in [2.75, 3.05) is 24.4 Å². The molecular formula is C9H15N3O2S. The fraction of sp³-hybridized carbons (Fsp3) is 0.556. The second-order valence-corrected chi connectivity index (χ2v) is 4.71. The Morgan fingerprint density at radius 2 is 2.33 bits per heavy atom. The largest absolute Gasteiger partial charge is 0.481 e. The molecule has 0 aliphatic carbocycles. The molecule has 1 aromatic heterocycles. The smallest absolute Gasteiger partial charge is 0.218 e. The van der Waals surface area contributed by atoms with Crippen LogP contribution in [0.5, 0.6) is 5.88 Å². The molecule has 0 aliphatic rings. The van der Waals surface area contributed by atoms with Crippen LogP contribution in [0.25, 0.3) is 0 Å². The molecule has 0 amide bonds. The second kappa shape index (κ2) is 5.65. The SMILES string of the molecule is COc1cc(NC(C)CS(C)=O)ncn1. The first-order valence-electron chi connectivity index (χ1n) is 4.54. The van der Waals surface area contributed by atoms with E-state index >= 15 is 0 Å². The van der Waals surface area contributed by atoms with Gasteiger partial charge in [0.1, 0.15) is 12.1 Å². The number of aromatic nitrogens is 2. The first-order valence-corrected chi connectivity index (χ1v) is 6.27. The molecule has 2 atom stereocenters. The van der Waals surface area contributed by atoms with Crippen molar-refractivity contribution in [3.63, 3.8) is 0 Å². The average Bonchev–Trinajstić information content (AvgIpc) is 2.16. The van der Waals surface area contributed by atoms with Crippen molar-refractivity contribution in [3.8, 4) is 5.88 Å². The van der Waals surface area contributed by atoms with Gasteiger partial charge in [-0.15, -0.1) is 0 Å². The van der Waals surface area contributed by atoms with Gasteiger partial charge < -0.3 is 10.1 Å². The average molecular weight is 229 g/mol. The van der Waals surface area contributed by atoms with Crippen LogP contribution >= 0.6 is 0 Å². The normalized spacial score (nSPS) is 14.3. The summed E-state index contributed by atoms with van der Waals surface area (Å²) >= 11 is 0. The number of anilines is 1. The minimum Gasteiger partial charge on any atom is -0.481 e. The van der Waals surface area contributed by atoms with Crippen molar-refractivity contribution >= 4 is 16.6 Å². The molecule has 0 saturated carbocycles. The Hall–Kier alpha value is -1.17. The molecule has 0 saturated heterocycles. The van der Waals surface area contributed by atoms with Gasteiger partial charge in [-0.1, -0.05) is 0 Å². The molecule has 0 radical (unpaired) electrons. The van der Waals surface area contributed by atoms with Crippen molar-refractivity contribution in [1.29, 1.82) is 0 Å². The summed E-state index contributed by atoms with van der Waals surface area (Å²) in [5, 5.41) is 3.12. The summed E-state index contributed by atoms with van der Waals surface area (Å²) in [6, 6.07) is 1.81. The van der Waals surface area contributed by atoms with Crippen LogP contribution in [0.4, 0.5) is 5.82 Å². The summed E-state index contributed by atoms with van der Waals surface area (Å²) in [7, 11) is 0.739. The van der Waals surface area contributed by atoms with Crippen LogP contribution in [0, 0.1) is 0 Å². The minimum atomic E-state index is -0.814. The highest BCUT2D eigenvalue weighted by Gasteiger charge is 2.05. The van der Waals surface area contributed by atoms with Gasteiger partial charge in [-0.3, -0.25) is 4.21 Å². The Kier molecular flexibility index (Phi) is 4.48. The third-order valence-electron chi connectivity index (χ3n) is 1.73. The minimum absolute atomic E-state index is 0.107. The van der Waals surface area contributed by atoms with E-state index in [-0.39, 0.29) is 6.04 Å². The van der Waals surface area contributed by atoms with E-state index in [1.165, 1.54) is 6.33 Å². The zero-order valence-electron chi connectivity index (χ0n) is 9.06. The van der Waals surface area contributed by atoms with Crippen molar-refractivity contribution in [2.24, 2.45) is 0 Å². The Bertz CT molecular complexity index is 346. The zero-order chi connectivity index (χ0) is 11.3. The fourth-order valence-corrected chi connectivity index (χ4v) is 1.96. The van der Waals surface area contributed by atoms with E-state index in [1.54, 1.807) is 19.4 Å². The molecule has 1 rings (SSSR count). The molecule has 0 fully saturated rings. The second-order valence-electron chi connectivity index (χ2n) is 3.23. The van der Waals surface area contributed by atoms with Gasteiger partial charge in [0.05, 0.1) is 7.11 Å². The van der Waals surface area contributed by atoms with Crippen LogP contribution in [0.15, 0.2) is 12.4 Å². The summed E-state index contributed by atoms with van der Waals surface area (Å²) in [5.41, 5.74) is 0. The van der Waals surface area contributed by atoms with Gasteiger partial charge in [0.2, 0.25) is 5.88 Å². The number of hydrogen-bond acceptors (Lipinski definition) is 5. The number of nitrogens with zero attached hydrogens (tertiary/aromatic N) is 2. The fourth-order valence-electron chi connectivity index (χ4n) is 1.18. The van der Waals surface area contributed by atoms with Crippen molar-refractivity contribution in [3.05, 3.63) is 12.4 Å².